The third-order valence-corrected chi connectivity index (χ3v) is 14.4. The molecule has 0 atom stereocenters. The highest BCUT2D eigenvalue weighted by atomic mass is 15.2. The molecule has 0 aliphatic carbocycles. The number of benzene rings is 11. The Morgan fingerprint density at radius 2 is 0.704 bits per heavy atom. The zero-order valence-electron chi connectivity index (χ0n) is 38.3. The maximum absolute atomic E-state index is 5.33. The van der Waals surface area contributed by atoms with Crippen LogP contribution in [0.2, 0.25) is 0 Å². The predicted octanol–water partition coefficient (Wildman–Crippen LogP) is 16.5. The van der Waals surface area contributed by atoms with Crippen LogP contribution in [0.3, 0.4) is 0 Å². The largest absolute Gasteiger partial charge is 0.309 e. The van der Waals surface area contributed by atoms with E-state index in [9.17, 15) is 0 Å². The van der Waals surface area contributed by atoms with E-state index >= 15 is 0 Å². The Labute approximate surface area is 407 Å². The molecule has 0 spiro atoms. The van der Waals surface area contributed by atoms with E-state index in [0.29, 0.717) is 17.6 Å². The van der Waals surface area contributed by atoms with E-state index < -0.39 is 0 Å². The molecule has 6 heteroatoms. The number of fused-ring (bicyclic) bond motifs is 12. The second kappa shape index (κ2) is 15.4. The lowest BCUT2D eigenvalue weighted by Crippen LogP contribution is -2.06. The van der Waals surface area contributed by atoms with Gasteiger partial charge in [-0.2, -0.15) is 9.97 Å². The van der Waals surface area contributed by atoms with Gasteiger partial charge in [-0.15, -0.1) is 0 Å². The number of rotatable bonds is 6. The van der Waals surface area contributed by atoms with Crippen LogP contribution in [-0.2, 0) is 0 Å². The lowest BCUT2D eigenvalue weighted by atomic mass is 10.0. The number of aromatic nitrogens is 6. The van der Waals surface area contributed by atoms with Crippen molar-refractivity contribution < 1.29 is 0 Å². The third-order valence-electron chi connectivity index (χ3n) is 14.4. The van der Waals surface area contributed by atoms with Crippen LogP contribution in [-0.4, -0.2) is 28.7 Å². The summed E-state index contributed by atoms with van der Waals surface area (Å²) in [4.78, 5) is 15.9. The van der Waals surface area contributed by atoms with Gasteiger partial charge in [0.25, 0.3) is 0 Å². The highest BCUT2D eigenvalue weighted by Gasteiger charge is 2.23. The first-order valence-electron chi connectivity index (χ1n) is 24.1. The van der Waals surface area contributed by atoms with Crippen LogP contribution in [0.1, 0.15) is 0 Å². The molecular weight excluding hydrogens is 865 g/mol. The van der Waals surface area contributed by atoms with E-state index in [2.05, 4.69) is 256 Å². The molecule has 15 aromatic rings. The molecule has 0 saturated heterocycles. The topological polar surface area (TPSA) is 53.5 Å². The minimum atomic E-state index is 0.565. The Balaban J connectivity index is 0.944. The van der Waals surface area contributed by atoms with Crippen molar-refractivity contribution >= 4 is 87.0 Å². The maximum Gasteiger partial charge on any atom is 0.238 e. The van der Waals surface area contributed by atoms with E-state index in [1.54, 1.807) is 0 Å². The Hall–Kier alpha value is -9.65. The van der Waals surface area contributed by atoms with Gasteiger partial charge in [0.05, 0.1) is 33.1 Å². The van der Waals surface area contributed by atoms with Crippen LogP contribution in [0, 0.1) is 0 Å². The fraction of sp³-hybridized carbons (Fsp3) is 0. The number of hydrogen-bond acceptors (Lipinski definition) is 3. The zero-order chi connectivity index (χ0) is 46.6. The van der Waals surface area contributed by atoms with Crippen LogP contribution >= 0.6 is 0 Å². The molecule has 4 heterocycles. The summed E-state index contributed by atoms with van der Waals surface area (Å²) in [6.07, 6.45) is 0. The maximum atomic E-state index is 5.33. The van der Waals surface area contributed by atoms with Crippen molar-refractivity contribution in [3.63, 3.8) is 0 Å². The fourth-order valence-corrected chi connectivity index (χ4v) is 11.2. The monoisotopic (exact) mass is 904 g/mol. The Morgan fingerprint density at radius 3 is 1.31 bits per heavy atom. The van der Waals surface area contributed by atoms with Crippen molar-refractivity contribution in [3.05, 3.63) is 243 Å². The molecule has 71 heavy (non-hydrogen) atoms. The fourth-order valence-electron chi connectivity index (χ4n) is 11.2. The summed E-state index contributed by atoms with van der Waals surface area (Å²) in [5.74, 6) is 1.80. The quantitative estimate of drug-likeness (QED) is 0.167. The highest BCUT2D eigenvalue weighted by Crippen LogP contribution is 2.44. The molecule has 11 aromatic carbocycles. The van der Waals surface area contributed by atoms with Crippen molar-refractivity contribution in [2.75, 3.05) is 0 Å². The van der Waals surface area contributed by atoms with Gasteiger partial charge in [0.2, 0.25) is 5.95 Å². The van der Waals surface area contributed by atoms with Gasteiger partial charge >= 0.3 is 0 Å². The Bertz CT molecular complexity index is 4550. The van der Waals surface area contributed by atoms with Gasteiger partial charge < -0.3 is 9.13 Å². The molecule has 0 N–H and O–H groups in total. The summed E-state index contributed by atoms with van der Waals surface area (Å²) >= 11 is 0. The van der Waals surface area contributed by atoms with Gasteiger partial charge in [-0.05, 0) is 105 Å². The van der Waals surface area contributed by atoms with Crippen molar-refractivity contribution in [1.29, 1.82) is 0 Å². The molecule has 0 amide bonds. The summed E-state index contributed by atoms with van der Waals surface area (Å²) in [6, 6.07) is 87.0. The summed E-state index contributed by atoms with van der Waals surface area (Å²) in [5.41, 5.74) is 13.2. The first-order chi connectivity index (χ1) is 35.2. The van der Waals surface area contributed by atoms with Gasteiger partial charge in [-0.1, -0.05) is 170 Å². The molecule has 330 valence electrons. The van der Waals surface area contributed by atoms with E-state index in [-0.39, 0.29) is 0 Å². The van der Waals surface area contributed by atoms with Crippen molar-refractivity contribution in [1.82, 2.24) is 28.7 Å². The van der Waals surface area contributed by atoms with Crippen LogP contribution in [0.25, 0.3) is 138 Å². The van der Waals surface area contributed by atoms with Crippen molar-refractivity contribution in [2.24, 2.45) is 0 Å². The van der Waals surface area contributed by atoms with E-state index in [4.69, 9.17) is 15.0 Å². The molecule has 15 rings (SSSR count). The van der Waals surface area contributed by atoms with Gasteiger partial charge in [-0.25, -0.2) is 4.98 Å². The molecule has 0 aliphatic rings. The number of nitrogens with zero attached hydrogens (tertiary/aromatic N) is 6. The molecule has 0 unspecified atom stereocenters. The van der Waals surface area contributed by atoms with E-state index in [1.807, 2.05) is 0 Å². The first-order valence-corrected chi connectivity index (χ1v) is 24.1. The minimum absolute atomic E-state index is 0.565. The average molecular weight is 905 g/mol. The summed E-state index contributed by atoms with van der Waals surface area (Å²) in [6.45, 7) is 0. The summed E-state index contributed by atoms with van der Waals surface area (Å²) < 4.78 is 7.08. The standard InChI is InChI=1S/C65H40N6/c1-2-15-41(16-3-1)46-21-14-22-49(39-46)69-56-27-12-9-24-52(56)61-59(69)35-36-60-62(61)53-25-10-13-28-57(53)70(60)50-33-34-58-54(40-50)51-23-8-11-26-55(51)71(58)65-67-63(47-31-29-42-17-4-6-19-44(42)37-47)66-64(68-65)48-32-30-43-18-5-7-20-45(43)38-48/h1-40H. The molecule has 0 radical (unpaired) electrons. The predicted molar refractivity (Wildman–Crippen MR) is 294 cm³/mol. The molecule has 0 bridgehead atoms. The summed E-state index contributed by atoms with van der Waals surface area (Å²) in [5, 5.41) is 11.8. The van der Waals surface area contributed by atoms with Crippen LogP contribution in [0.4, 0.5) is 0 Å². The molecule has 4 aromatic heterocycles. The zero-order valence-corrected chi connectivity index (χ0v) is 38.3. The molecule has 0 aliphatic heterocycles. The lowest BCUT2D eigenvalue weighted by Gasteiger charge is -2.12. The van der Waals surface area contributed by atoms with Crippen LogP contribution in [0.5, 0.6) is 0 Å². The van der Waals surface area contributed by atoms with Gasteiger partial charge in [0.1, 0.15) is 0 Å². The highest BCUT2D eigenvalue weighted by molar-refractivity contribution is 6.29. The number of para-hydroxylation sites is 3. The van der Waals surface area contributed by atoms with E-state index in [0.717, 1.165) is 66.1 Å². The Morgan fingerprint density at radius 1 is 0.239 bits per heavy atom. The molecular formula is C65H40N6. The van der Waals surface area contributed by atoms with Crippen molar-refractivity contribution in [2.45, 2.75) is 0 Å². The number of hydrogen-bond donors (Lipinski definition) is 0. The first kappa shape index (κ1) is 39.4. The molecule has 6 nitrogen and oxygen atoms in total. The second-order valence-corrected chi connectivity index (χ2v) is 18.4. The normalized spacial score (nSPS) is 11.9. The SMILES string of the molecule is c1ccc(-c2cccc(-n3c4ccccc4c4c5c6ccccc6n(-c6ccc7c(c6)c6ccccc6n7-c6nc(-c7ccc8ccccc8c7)nc(-c7ccc8ccccc8c7)n6)c5ccc43)c2)cc1. The molecule has 0 saturated carbocycles. The second-order valence-electron chi connectivity index (χ2n) is 18.4. The van der Waals surface area contributed by atoms with Crippen LogP contribution < -0.4 is 0 Å². The average Bonchev–Trinajstić information content (AvgIpc) is 4.08. The minimum Gasteiger partial charge on any atom is -0.309 e. The van der Waals surface area contributed by atoms with E-state index in [1.165, 1.54) is 54.5 Å². The molecule has 0 fully saturated rings. The van der Waals surface area contributed by atoms with Gasteiger partial charge in [0.15, 0.2) is 11.6 Å². The van der Waals surface area contributed by atoms with Crippen molar-refractivity contribution in [3.8, 4) is 51.2 Å². The van der Waals surface area contributed by atoms with Gasteiger partial charge in [0, 0.05) is 54.8 Å². The summed E-state index contributed by atoms with van der Waals surface area (Å²) in [7, 11) is 0. The van der Waals surface area contributed by atoms with Gasteiger partial charge in [-0.3, -0.25) is 4.57 Å². The smallest absolute Gasteiger partial charge is 0.238 e. The third kappa shape index (κ3) is 6.11. The van der Waals surface area contributed by atoms with Crippen LogP contribution in [0.15, 0.2) is 243 Å². The lowest BCUT2D eigenvalue weighted by molar-refractivity contribution is 0.953. The Kier molecular flexibility index (Phi) is 8.56.